The number of benzene rings is 2. The Morgan fingerprint density at radius 1 is 1.08 bits per heavy atom. The SMILES string of the molecule is O=C(CN1CCC[C@@H]1C(=O)Nc1ccc(N2CCOCC2=O)cc1)NCc1cc(-c2ccc(Cl)cc2)no1. The van der Waals surface area contributed by atoms with Gasteiger partial charge in [-0.25, -0.2) is 0 Å². The monoisotopic (exact) mass is 537 g/mol. The molecule has 0 aliphatic carbocycles. The Morgan fingerprint density at radius 2 is 1.87 bits per heavy atom. The molecule has 1 atom stereocenters. The first-order chi connectivity index (χ1) is 18.5. The number of aromatic nitrogens is 1. The highest BCUT2D eigenvalue weighted by molar-refractivity contribution is 6.30. The van der Waals surface area contributed by atoms with E-state index < -0.39 is 6.04 Å². The van der Waals surface area contributed by atoms with Gasteiger partial charge < -0.3 is 24.8 Å². The standard InChI is InChI=1S/C27H28ClN5O5/c28-19-5-3-18(4-6-19)23-14-22(38-31-23)15-29-25(34)16-32-11-1-2-24(32)27(36)30-20-7-9-21(10-8-20)33-12-13-37-17-26(33)35/h3-10,14,24H,1-2,11-13,15-17H2,(H,29,34)(H,30,36)/t24-/m1/s1. The van der Waals surface area contributed by atoms with Crippen LogP contribution in [0.5, 0.6) is 0 Å². The van der Waals surface area contributed by atoms with Crippen molar-refractivity contribution in [3.05, 3.63) is 65.4 Å². The molecule has 0 radical (unpaired) electrons. The summed E-state index contributed by atoms with van der Waals surface area (Å²) in [5, 5.41) is 10.5. The van der Waals surface area contributed by atoms with E-state index in [1.54, 1.807) is 47.4 Å². The molecular weight excluding hydrogens is 510 g/mol. The predicted octanol–water partition coefficient (Wildman–Crippen LogP) is 3.08. The average Bonchev–Trinajstić information content (AvgIpc) is 3.59. The van der Waals surface area contributed by atoms with E-state index in [-0.39, 0.29) is 37.4 Å². The van der Waals surface area contributed by atoms with Gasteiger partial charge in [0, 0.05) is 34.6 Å². The van der Waals surface area contributed by atoms with Gasteiger partial charge in [0.1, 0.15) is 12.3 Å². The number of anilines is 2. The third kappa shape index (κ3) is 6.21. The minimum atomic E-state index is -0.400. The second kappa shape index (κ2) is 11.8. The number of amides is 3. The number of halogens is 1. The summed E-state index contributed by atoms with van der Waals surface area (Å²) in [6.45, 7) is 2.04. The third-order valence-electron chi connectivity index (χ3n) is 6.60. The summed E-state index contributed by atoms with van der Waals surface area (Å²) in [7, 11) is 0. The minimum Gasteiger partial charge on any atom is -0.370 e. The molecule has 2 aliphatic rings. The van der Waals surface area contributed by atoms with Gasteiger partial charge in [-0.05, 0) is 55.8 Å². The molecule has 3 heterocycles. The van der Waals surface area contributed by atoms with Crippen LogP contribution >= 0.6 is 11.6 Å². The molecule has 3 amide bonds. The van der Waals surface area contributed by atoms with Crippen molar-refractivity contribution in [2.45, 2.75) is 25.4 Å². The van der Waals surface area contributed by atoms with Crippen LogP contribution < -0.4 is 15.5 Å². The highest BCUT2D eigenvalue weighted by Gasteiger charge is 2.32. The van der Waals surface area contributed by atoms with Gasteiger partial charge in [-0.1, -0.05) is 28.9 Å². The summed E-state index contributed by atoms with van der Waals surface area (Å²) in [5.41, 5.74) is 2.93. The van der Waals surface area contributed by atoms with E-state index >= 15 is 0 Å². The number of rotatable bonds is 8. The lowest BCUT2D eigenvalue weighted by atomic mass is 10.1. The van der Waals surface area contributed by atoms with Gasteiger partial charge >= 0.3 is 0 Å². The second-order valence-corrected chi connectivity index (χ2v) is 9.66. The number of carbonyl (C=O) groups is 3. The Labute approximate surface area is 224 Å². The zero-order chi connectivity index (χ0) is 26.5. The fraction of sp³-hybridized carbons (Fsp3) is 0.333. The Hall–Kier alpha value is -3.73. The fourth-order valence-electron chi connectivity index (χ4n) is 4.63. The molecule has 38 heavy (non-hydrogen) atoms. The van der Waals surface area contributed by atoms with Gasteiger partial charge in [-0.15, -0.1) is 0 Å². The van der Waals surface area contributed by atoms with Crippen LogP contribution in [0.1, 0.15) is 18.6 Å². The third-order valence-corrected chi connectivity index (χ3v) is 6.86. The topological polar surface area (TPSA) is 117 Å². The molecule has 11 heteroatoms. The first-order valence-electron chi connectivity index (χ1n) is 12.5. The molecule has 198 valence electrons. The zero-order valence-corrected chi connectivity index (χ0v) is 21.4. The molecule has 2 fully saturated rings. The Morgan fingerprint density at radius 3 is 2.63 bits per heavy atom. The molecule has 2 aromatic carbocycles. The van der Waals surface area contributed by atoms with Crippen molar-refractivity contribution in [1.82, 2.24) is 15.4 Å². The average molecular weight is 538 g/mol. The molecule has 2 aliphatic heterocycles. The Balaban J connectivity index is 1.11. The molecule has 0 spiro atoms. The number of ether oxygens (including phenoxy) is 1. The van der Waals surface area contributed by atoms with Crippen LogP contribution in [0.2, 0.25) is 5.02 Å². The van der Waals surface area contributed by atoms with Crippen LogP contribution in [-0.4, -0.2) is 66.7 Å². The number of morpholine rings is 1. The van der Waals surface area contributed by atoms with Crippen molar-refractivity contribution in [2.75, 3.05) is 43.1 Å². The summed E-state index contributed by atoms with van der Waals surface area (Å²) in [6.07, 6.45) is 1.50. The van der Waals surface area contributed by atoms with Crippen LogP contribution in [0, 0.1) is 0 Å². The Bertz CT molecular complexity index is 1290. The van der Waals surface area contributed by atoms with E-state index in [9.17, 15) is 14.4 Å². The first kappa shape index (κ1) is 25.9. The summed E-state index contributed by atoms with van der Waals surface area (Å²) >= 11 is 5.93. The fourth-order valence-corrected chi connectivity index (χ4v) is 4.76. The van der Waals surface area contributed by atoms with Crippen molar-refractivity contribution < 1.29 is 23.6 Å². The normalized spacial score (nSPS) is 18.0. The van der Waals surface area contributed by atoms with Crippen LogP contribution in [0.25, 0.3) is 11.3 Å². The van der Waals surface area contributed by atoms with E-state index in [1.165, 1.54) is 0 Å². The van der Waals surface area contributed by atoms with Crippen LogP contribution in [0.3, 0.4) is 0 Å². The van der Waals surface area contributed by atoms with E-state index in [4.69, 9.17) is 20.9 Å². The predicted molar refractivity (Wildman–Crippen MR) is 142 cm³/mol. The molecule has 2 N–H and O–H groups in total. The molecule has 0 unspecified atom stereocenters. The van der Waals surface area contributed by atoms with E-state index in [1.807, 2.05) is 17.0 Å². The molecule has 1 aromatic heterocycles. The van der Waals surface area contributed by atoms with Crippen LogP contribution in [0.4, 0.5) is 11.4 Å². The second-order valence-electron chi connectivity index (χ2n) is 9.22. The quantitative estimate of drug-likeness (QED) is 0.453. The number of likely N-dealkylation sites (tertiary alicyclic amines) is 1. The van der Waals surface area contributed by atoms with E-state index in [2.05, 4.69) is 15.8 Å². The number of carbonyl (C=O) groups excluding carboxylic acids is 3. The summed E-state index contributed by atoms with van der Waals surface area (Å²) < 4.78 is 10.5. The number of hydrogen-bond acceptors (Lipinski definition) is 7. The van der Waals surface area contributed by atoms with E-state index in [0.717, 1.165) is 17.7 Å². The van der Waals surface area contributed by atoms with Crippen molar-refractivity contribution in [3.63, 3.8) is 0 Å². The van der Waals surface area contributed by atoms with Crippen LogP contribution in [-0.2, 0) is 25.7 Å². The lowest BCUT2D eigenvalue weighted by Crippen LogP contribution is -2.44. The van der Waals surface area contributed by atoms with Crippen LogP contribution in [0.15, 0.2) is 59.1 Å². The minimum absolute atomic E-state index is 0.0758. The van der Waals surface area contributed by atoms with Gasteiger partial charge in [-0.2, -0.15) is 0 Å². The molecule has 3 aromatic rings. The maximum Gasteiger partial charge on any atom is 0.253 e. The summed E-state index contributed by atoms with van der Waals surface area (Å²) in [6, 6.07) is 15.8. The first-order valence-corrected chi connectivity index (χ1v) is 12.9. The van der Waals surface area contributed by atoms with Crippen molar-refractivity contribution in [3.8, 4) is 11.3 Å². The number of nitrogens with one attached hydrogen (secondary N) is 2. The van der Waals surface area contributed by atoms with E-state index in [0.29, 0.717) is 48.3 Å². The number of nitrogens with zero attached hydrogens (tertiary/aromatic N) is 3. The highest BCUT2D eigenvalue weighted by atomic mass is 35.5. The van der Waals surface area contributed by atoms with Crippen molar-refractivity contribution in [1.29, 1.82) is 0 Å². The molecule has 0 saturated carbocycles. The van der Waals surface area contributed by atoms with Gasteiger partial charge in [0.25, 0.3) is 5.91 Å². The highest BCUT2D eigenvalue weighted by Crippen LogP contribution is 2.23. The summed E-state index contributed by atoms with van der Waals surface area (Å²) in [4.78, 5) is 41.2. The lowest BCUT2D eigenvalue weighted by molar-refractivity contribution is -0.126. The van der Waals surface area contributed by atoms with Gasteiger partial charge in [0.05, 0.1) is 25.7 Å². The zero-order valence-electron chi connectivity index (χ0n) is 20.7. The molecule has 2 saturated heterocycles. The molecule has 10 nitrogen and oxygen atoms in total. The molecule has 0 bridgehead atoms. The van der Waals surface area contributed by atoms with Gasteiger partial charge in [0.2, 0.25) is 11.8 Å². The lowest BCUT2D eigenvalue weighted by Gasteiger charge is -2.27. The maximum absolute atomic E-state index is 13.0. The van der Waals surface area contributed by atoms with Gasteiger partial charge in [-0.3, -0.25) is 19.3 Å². The molecule has 5 rings (SSSR count). The smallest absolute Gasteiger partial charge is 0.253 e. The molecular formula is C27H28ClN5O5. The number of hydrogen-bond donors (Lipinski definition) is 2. The Kier molecular flexibility index (Phi) is 8.02. The largest absolute Gasteiger partial charge is 0.370 e. The maximum atomic E-state index is 13.0. The summed E-state index contributed by atoms with van der Waals surface area (Å²) in [5.74, 6) is 0.0847. The van der Waals surface area contributed by atoms with Crippen molar-refractivity contribution in [2.24, 2.45) is 0 Å². The van der Waals surface area contributed by atoms with Crippen molar-refractivity contribution >= 4 is 40.7 Å². The van der Waals surface area contributed by atoms with Gasteiger partial charge in [0.15, 0.2) is 5.76 Å².